The van der Waals surface area contributed by atoms with Gasteiger partial charge in [0.1, 0.15) is 5.60 Å². The second-order valence-electron chi connectivity index (χ2n) is 13.8. The Morgan fingerprint density at radius 1 is 0.977 bits per heavy atom. The van der Waals surface area contributed by atoms with Gasteiger partial charge in [0.15, 0.2) is 0 Å². The fourth-order valence-corrected chi connectivity index (χ4v) is 6.75. The molecule has 1 saturated carbocycles. The Morgan fingerprint density at radius 2 is 1.67 bits per heavy atom. The van der Waals surface area contributed by atoms with Gasteiger partial charge in [-0.2, -0.15) is 0 Å². The third kappa shape index (κ3) is 9.56. The molecule has 2 saturated heterocycles. The minimum atomic E-state index is -0.561. The molecule has 10 heteroatoms. The first-order valence-electron chi connectivity index (χ1n) is 16.3. The van der Waals surface area contributed by atoms with Gasteiger partial charge in [-0.1, -0.05) is 56.8 Å². The molecule has 3 amide bonds. The van der Waals surface area contributed by atoms with Crippen LogP contribution in [0.25, 0.3) is 0 Å². The molecule has 1 aromatic carbocycles. The highest BCUT2D eigenvalue weighted by Gasteiger charge is 2.38. The van der Waals surface area contributed by atoms with Crippen molar-refractivity contribution in [3.05, 3.63) is 34.9 Å². The summed E-state index contributed by atoms with van der Waals surface area (Å²) in [5.74, 6) is 0.0598. The molecule has 3 aliphatic rings. The van der Waals surface area contributed by atoms with Gasteiger partial charge in [-0.05, 0) is 77.0 Å². The van der Waals surface area contributed by atoms with Crippen molar-refractivity contribution in [2.45, 2.75) is 122 Å². The smallest absolute Gasteiger partial charge is 0.410 e. The van der Waals surface area contributed by atoms with Gasteiger partial charge in [0.25, 0.3) is 5.91 Å². The number of carbonyl (C=O) groups is 3. The fourth-order valence-electron chi connectivity index (χ4n) is 6.62. The highest BCUT2D eigenvalue weighted by Crippen LogP contribution is 2.29. The molecular formula is C33H52ClN5O4. The predicted octanol–water partition coefficient (Wildman–Crippen LogP) is 5.16. The summed E-state index contributed by atoms with van der Waals surface area (Å²) < 4.78 is 5.64. The monoisotopic (exact) mass is 617 g/mol. The number of benzene rings is 1. The Bertz CT molecular complexity index is 1090. The van der Waals surface area contributed by atoms with E-state index in [1.165, 1.54) is 19.3 Å². The number of rotatable bonds is 10. The van der Waals surface area contributed by atoms with Crippen molar-refractivity contribution >= 4 is 29.5 Å². The van der Waals surface area contributed by atoms with Crippen LogP contribution in [-0.4, -0.2) is 88.7 Å². The lowest BCUT2D eigenvalue weighted by Crippen LogP contribution is -2.55. The number of hydrazine groups is 1. The first-order valence-corrected chi connectivity index (χ1v) is 16.6. The van der Waals surface area contributed by atoms with Crippen LogP contribution in [0.4, 0.5) is 4.79 Å². The van der Waals surface area contributed by atoms with Crippen molar-refractivity contribution < 1.29 is 19.1 Å². The summed E-state index contributed by atoms with van der Waals surface area (Å²) in [6.45, 7) is 12.0. The van der Waals surface area contributed by atoms with Crippen LogP contribution >= 0.6 is 11.6 Å². The first kappa shape index (κ1) is 33.5. The van der Waals surface area contributed by atoms with Crippen LogP contribution in [0.3, 0.4) is 0 Å². The zero-order valence-electron chi connectivity index (χ0n) is 26.7. The minimum Gasteiger partial charge on any atom is -0.444 e. The predicted molar refractivity (Wildman–Crippen MR) is 170 cm³/mol. The minimum absolute atomic E-state index is 0.0439. The first-order chi connectivity index (χ1) is 20.4. The molecule has 4 rings (SSSR count). The Kier molecular flexibility index (Phi) is 11.8. The lowest BCUT2D eigenvalue weighted by Gasteiger charge is -2.39. The summed E-state index contributed by atoms with van der Waals surface area (Å²) in [5, 5.41) is 6.11. The number of nitrogens with one attached hydrogen (secondary N) is 2. The highest BCUT2D eigenvalue weighted by atomic mass is 35.5. The third-order valence-corrected chi connectivity index (χ3v) is 9.07. The number of hydrogen-bond acceptors (Lipinski definition) is 6. The van der Waals surface area contributed by atoms with Crippen molar-refractivity contribution in [1.82, 2.24) is 25.6 Å². The lowest BCUT2D eigenvalue weighted by molar-refractivity contribution is -0.140. The van der Waals surface area contributed by atoms with Crippen LogP contribution in [0.15, 0.2) is 24.3 Å². The molecule has 0 bridgehead atoms. The molecule has 3 atom stereocenters. The summed E-state index contributed by atoms with van der Waals surface area (Å²) >= 11 is 6.12. The quantitative estimate of drug-likeness (QED) is 0.377. The van der Waals surface area contributed by atoms with E-state index in [0.29, 0.717) is 43.7 Å². The van der Waals surface area contributed by atoms with Gasteiger partial charge in [-0.3, -0.25) is 15.0 Å². The standard InChI is InChI=1S/C33H52ClN5O4/c1-23(2)31(41)39(26-10-7-6-8-11-26)28-17-19-37(22-28)36-30(40)29(20-24-13-15-25(34)16-14-24)35-21-27-12-9-18-38(27)32(42)43-33(3,4)5/h13-16,23,26-29,35H,6-12,17-22H2,1-5H3,(H,36,40)/t27-,28+,29-/m1/s1. The fraction of sp³-hybridized carbons (Fsp3) is 0.727. The van der Waals surface area contributed by atoms with Gasteiger partial charge < -0.3 is 19.9 Å². The Hall–Kier alpha value is -2.36. The molecule has 1 aliphatic carbocycles. The summed E-state index contributed by atoms with van der Waals surface area (Å²) in [4.78, 5) is 43.9. The maximum Gasteiger partial charge on any atom is 0.410 e. The Labute approximate surface area is 263 Å². The number of likely N-dealkylation sites (tertiary alicyclic amines) is 1. The number of halogens is 1. The van der Waals surface area contributed by atoms with Crippen molar-refractivity contribution in [2.24, 2.45) is 5.92 Å². The molecular weight excluding hydrogens is 566 g/mol. The molecule has 240 valence electrons. The van der Waals surface area contributed by atoms with E-state index in [2.05, 4.69) is 15.6 Å². The number of carbonyl (C=O) groups excluding carboxylic acids is 3. The largest absolute Gasteiger partial charge is 0.444 e. The van der Waals surface area contributed by atoms with Crippen LogP contribution < -0.4 is 10.7 Å². The Balaban J connectivity index is 1.41. The molecule has 0 spiro atoms. The summed E-state index contributed by atoms with van der Waals surface area (Å²) in [7, 11) is 0. The SMILES string of the molecule is CC(C)C(=O)N(C1CCCCC1)[C@H]1CCN(NC(=O)[C@@H](Cc2ccc(Cl)cc2)NC[C@H]2CCCN2C(=O)OC(C)(C)C)C1. The molecule has 0 radical (unpaired) electrons. The van der Waals surface area contributed by atoms with Gasteiger partial charge in [0, 0.05) is 55.2 Å². The van der Waals surface area contributed by atoms with E-state index in [4.69, 9.17) is 16.3 Å². The zero-order valence-corrected chi connectivity index (χ0v) is 27.5. The van der Waals surface area contributed by atoms with Crippen LogP contribution in [0.2, 0.25) is 5.02 Å². The summed E-state index contributed by atoms with van der Waals surface area (Å²) in [6.07, 6.45) is 8.50. The van der Waals surface area contributed by atoms with Crippen molar-refractivity contribution in [3.8, 4) is 0 Å². The van der Waals surface area contributed by atoms with E-state index < -0.39 is 11.6 Å². The van der Waals surface area contributed by atoms with E-state index in [1.807, 2.05) is 63.9 Å². The van der Waals surface area contributed by atoms with E-state index in [0.717, 1.165) is 37.7 Å². The number of ether oxygens (including phenoxy) is 1. The third-order valence-electron chi connectivity index (χ3n) is 8.82. The molecule has 0 aromatic heterocycles. The Morgan fingerprint density at radius 3 is 2.33 bits per heavy atom. The van der Waals surface area contributed by atoms with Gasteiger partial charge >= 0.3 is 6.09 Å². The number of hydrogen-bond donors (Lipinski definition) is 2. The topological polar surface area (TPSA) is 94.2 Å². The number of amides is 3. The second-order valence-corrected chi connectivity index (χ2v) is 14.3. The van der Waals surface area contributed by atoms with Gasteiger partial charge in [-0.25, -0.2) is 9.80 Å². The van der Waals surface area contributed by atoms with Crippen molar-refractivity contribution in [2.75, 3.05) is 26.2 Å². The van der Waals surface area contributed by atoms with Gasteiger partial charge in [-0.15, -0.1) is 0 Å². The molecule has 2 heterocycles. The molecule has 0 unspecified atom stereocenters. The second kappa shape index (κ2) is 15.1. The van der Waals surface area contributed by atoms with Crippen LogP contribution in [0.5, 0.6) is 0 Å². The van der Waals surface area contributed by atoms with Gasteiger partial charge in [0.2, 0.25) is 5.91 Å². The molecule has 2 aliphatic heterocycles. The zero-order chi connectivity index (χ0) is 31.1. The van der Waals surface area contributed by atoms with Crippen LogP contribution in [0.1, 0.15) is 91.5 Å². The summed E-state index contributed by atoms with van der Waals surface area (Å²) in [6, 6.07) is 7.40. The van der Waals surface area contributed by atoms with Crippen molar-refractivity contribution in [1.29, 1.82) is 0 Å². The molecule has 3 fully saturated rings. The maximum absolute atomic E-state index is 13.8. The van der Waals surface area contributed by atoms with Crippen LogP contribution in [-0.2, 0) is 20.7 Å². The van der Waals surface area contributed by atoms with Crippen molar-refractivity contribution in [3.63, 3.8) is 0 Å². The average molecular weight is 618 g/mol. The van der Waals surface area contributed by atoms with Crippen LogP contribution in [0, 0.1) is 5.92 Å². The summed E-state index contributed by atoms with van der Waals surface area (Å²) in [5.41, 5.74) is 3.61. The van der Waals surface area contributed by atoms with E-state index >= 15 is 0 Å². The normalized spacial score (nSPS) is 22.5. The lowest BCUT2D eigenvalue weighted by atomic mass is 9.92. The maximum atomic E-state index is 13.8. The number of nitrogens with zero attached hydrogens (tertiary/aromatic N) is 3. The van der Waals surface area contributed by atoms with E-state index in [1.54, 1.807) is 4.90 Å². The molecule has 9 nitrogen and oxygen atoms in total. The van der Waals surface area contributed by atoms with E-state index in [9.17, 15) is 14.4 Å². The highest BCUT2D eigenvalue weighted by molar-refractivity contribution is 6.30. The molecule has 1 aromatic rings. The van der Waals surface area contributed by atoms with Gasteiger partial charge in [0.05, 0.1) is 6.04 Å². The molecule has 2 N–H and O–H groups in total. The molecule has 43 heavy (non-hydrogen) atoms. The van der Waals surface area contributed by atoms with E-state index in [-0.39, 0.29) is 35.9 Å². The average Bonchev–Trinajstić information content (AvgIpc) is 3.61.